The summed E-state index contributed by atoms with van der Waals surface area (Å²) >= 11 is 0. The number of sulfonamides is 1. The van der Waals surface area contributed by atoms with E-state index in [-0.39, 0.29) is 11.5 Å². The van der Waals surface area contributed by atoms with E-state index in [4.69, 9.17) is 0 Å². The maximum Gasteiger partial charge on any atom is 0.240 e. The van der Waals surface area contributed by atoms with Crippen molar-refractivity contribution in [3.8, 4) is 6.07 Å². The molecule has 4 aromatic rings. The van der Waals surface area contributed by atoms with Gasteiger partial charge < -0.3 is 10.6 Å². The van der Waals surface area contributed by atoms with Crippen molar-refractivity contribution in [3.63, 3.8) is 0 Å². The van der Waals surface area contributed by atoms with Crippen molar-refractivity contribution < 1.29 is 18.0 Å². The van der Waals surface area contributed by atoms with E-state index in [0.29, 0.717) is 29.7 Å². The molecule has 1 amide bonds. The molecule has 44 heavy (non-hydrogen) atoms. The smallest absolute Gasteiger partial charge is 0.240 e. The summed E-state index contributed by atoms with van der Waals surface area (Å²) < 4.78 is 30.0. The van der Waals surface area contributed by atoms with E-state index in [1.54, 1.807) is 54.6 Å². The first kappa shape index (κ1) is 30.8. The second-order valence-corrected chi connectivity index (χ2v) is 12.6. The van der Waals surface area contributed by atoms with Crippen molar-refractivity contribution in [2.45, 2.75) is 42.6 Å². The van der Waals surface area contributed by atoms with Gasteiger partial charge in [-0.2, -0.15) is 5.26 Å². The summed E-state index contributed by atoms with van der Waals surface area (Å²) in [7, 11) is -4.03. The lowest BCUT2D eigenvalue weighted by atomic mass is 9.84. The Bertz CT molecular complexity index is 1660. The van der Waals surface area contributed by atoms with Crippen LogP contribution in [0.2, 0.25) is 0 Å². The Balaban J connectivity index is 1.56. The number of nitriles is 1. The average Bonchev–Trinajstić information content (AvgIpc) is 3.60. The summed E-state index contributed by atoms with van der Waals surface area (Å²) in [5.41, 5.74) is 2.98. The lowest BCUT2D eigenvalue weighted by molar-refractivity contribution is -0.130. The minimum Gasteiger partial charge on any atom is -0.341 e. The molecule has 224 valence electrons. The lowest BCUT2D eigenvalue weighted by Crippen LogP contribution is -2.53. The topological polar surface area (TPSA) is 128 Å². The van der Waals surface area contributed by atoms with Crippen LogP contribution in [0.5, 0.6) is 0 Å². The van der Waals surface area contributed by atoms with Crippen molar-refractivity contribution >= 4 is 21.7 Å². The standard InChI is InChI=1S/C35H34N4O4S/c36-23-25-18-20-29(21-19-25)32(34(40)30-17-10-22-37-30)38-35(41)33(39-44(42,43)24-26-11-4-1-5-12-26)31(27-13-6-2-7-14-27)28-15-8-3-9-16-28/h1-9,11-16,18-21,30-33,37,39H,10,17,22,24H2,(H,38,41)/t30-,32?,33+/m0/s1. The van der Waals surface area contributed by atoms with Crippen molar-refractivity contribution in [2.24, 2.45) is 0 Å². The van der Waals surface area contributed by atoms with Gasteiger partial charge >= 0.3 is 0 Å². The highest BCUT2D eigenvalue weighted by Gasteiger charge is 2.38. The number of nitrogens with zero attached hydrogens (tertiary/aromatic N) is 1. The van der Waals surface area contributed by atoms with Crippen LogP contribution in [0.1, 0.15) is 52.6 Å². The number of hydrogen-bond acceptors (Lipinski definition) is 6. The van der Waals surface area contributed by atoms with Crippen LogP contribution in [0.25, 0.3) is 0 Å². The van der Waals surface area contributed by atoms with E-state index in [1.807, 2.05) is 60.7 Å². The lowest BCUT2D eigenvalue weighted by Gasteiger charge is -2.30. The molecule has 5 rings (SSSR count). The van der Waals surface area contributed by atoms with Crippen LogP contribution in [0.4, 0.5) is 0 Å². The van der Waals surface area contributed by atoms with Gasteiger partial charge in [-0.15, -0.1) is 0 Å². The van der Waals surface area contributed by atoms with Gasteiger partial charge in [-0.3, -0.25) is 9.59 Å². The number of ketones is 1. The number of carbonyl (C=O) groups is 2. The minimum absolute atomic E-state index is 0.220. The molecule has 0 aliphatic carbocycles. The third-order valence-corrected chi connectivity index (χ3v) is 9.11. The monoisotopic (exact) mass is 606 g/mol. The minimum atomic E-state index is -4.03. The number of rotatable bonds is 12. The molecule has 1 unspecified atom stereocenters. The highest BCUT2D eigenvalue weighted by Crippen LogP contribution is 2.30. The van der Waals surface area contributed by atoms with Gasteiger partial charge in [0.1, 0.15) is 12.1 Å². The molecule has 1 saturated heterocycles. The maximum atomic E-state index is 14.4. The van der Waals surface area contributed by atoms with E-state index < -0.39 is 40.0 Å². The van der Waals surface area contributed by atoms with Crippen LogP contribution in [0, 0.1) is 11.3 Å². The molecule has 1 fully saturated rings. The van der Waals surface area contributed by atoms with E-state index in [9.17, 15) is 23.3 Å². The highest BCUT2D eigenvalue weighted by molar-refractivity contribution is 7.88. The van der Waals surface area contributed by atoms with Crippen molar-refractivity contribution in [1.82, 2.24) is 15.4 Å². The van der Waals surface area contributed by atoms with Gasteiger partial charge in [0.25, 0.3) is 0 Å². The zero-order chi connectivity index (χ0) is 30.9. The number of carbonyl (C=O) groups excluding carboxylic acids is 2. The molecule has 4 aromatic carbocycles. The van der Waals surface area contributed by atoms with E-state index in [2.05, 4.69) is 21.4 Å². The SMILES string of the molecule is N#Cc1ccc(C(NC(=O)[C@H](NS(=O)(=O)Cc2ccccc2)C(c2ccccc2)c2ccccc2)C(=O)[C@@H]2CCCN2)cc1. The first-order chi connectivity index (χ1) is 21.3. The third-order valence-electron chi connectivity index (χ3n) is 7.79. The summed E-state index contributed by atoms with van der Waals surface area (Å²) in [4.78, 5) is 28.2. The van der Waals surface area contributed by atoms with Crippen LogP contribution in [-0.2, 0) is 25.4 Å². The van der Waals surface area contributed by atoms with Crippen LogP contribution < -0.4 is 15.4 Å². The Labute approximate surface area is 258 Å². The molecule has 0 saturated carbocycles. The molecule has 0 bridgehead atoms. The van der Waals surface area contributed by atoms with Crippen molar-refractivity contribution in [3.05, 3.63) is 143 Å². The van der Waals surface area contributed by atoms with Crippen LogP contribution in [-0.4, -0.2) is 38.7 Å². The van der Waals surface area contributed by atoms with Crippen LogP contribution in [0.15, 0.2) is 115 Å². The molecule has 3 atom stereocenters. The Kier molecular flexibility index (Phi) is 9.97. The first-order valence-corrected chi connectivity index (χ1v) is 16.2. The zero-order valence-electron chi connectivity index (χ0n) is 24.1. The summed E-state index contributed by atoms with van der Waals surface area (Å²) in [6.45, 7) is 0.691. The second kappa shape index (κ2) is 14.2. The second-order valence-electron chi connectivity index (χ2n) is 10.9. The summed E-state index contributed by atoms with van der Waals surface area (Å²) in [6.07, 6.45) is 1.46. The average molecular weight is 607 g/mol. The highest BCUT2D eigenvalue weighted by atomic mass is 32.2. The molecule has 0 spiro atoms. The molecular formula is C35H34N4O4S. The number of nitrogens with one attached hydrogen (secondary N) is 3. The fourth-order valence-electron chi connectivity index (χ4n) is 5.63. The molecule has 8 nitrogen and oxygen atoms in total. The molecule has 0 aromatic heterocycles. The van der Waals surface area contributed by atoms with Gasteiger partial charge in [-0.1, -0.05) is 103 Å². The third kappa shape index (κ3) is 7.66. The zero-order valence-corrected chi connectivity index (χ0v) is 24.9. The van der Waals surface area contributed by atoms with E-state index in [0.717, 1.165) is 17.5 Å². The molecule has 0 radical (unpaired) electrons. The number of hydrogen-bond donors (Lipinski definition) is 3. The summed E-state index contributed by atoms with van der Waals surface area (Å²) in [6, 6.07) is 33.0. The van der Waals surface area contributed by atoms with Gasteiger partial charge in [0, 0.05) is 5.92 Å². The molecule has 3 N–H and O–H groups in total. The largest absolute Gasteiger partial charge is 0.341 e. The van der Waals surface area contributed by atoms with Gasteiger partial charge in [0.15, 0.2) is 5.78 Å². The van der Waals surface area contributed by atoms with Crippen LogP contribution in [0.3, 0.4) is 0 Å². The maximum absolute atomic E-state index is 14.4. The van der Waals surface area contributed by atoms with E-state index in [1.165, 1.54) is 0 Å². The van der Waals surface area contributed by atoms with Gasteiger partial charge in [0.2, 0.25) is 15.9 Å². The number of benzene rings is 4. The predicted octanol–water partition coefficient (Wildman–Crippen LogP) is 4.36. The van der Waals surface area contributed by atoms with Crippen molar-refractivity contribution in [2.75, 3.05) is 6.54 Å². The molecular weight excluding hydrogens is 572 g/mol. The van der Waals surface area contributed by atoms with E-state index >= 15 is 0 Å². The fraction of sp³-hybridized carbons (Fsp3) is 0.229. The predicted molar refractivity (Wildman–Crippen MR) is 169 cm³/mol. The molecule has 1 aliphatic heterocycles. The Hall–Kier alpha value is -4.62. The van der Waals surface area contributed by atoms with Crippen LogP contribution >= 0.6 is 0 Å². The number of amides is 1. The fourth-order valence-corrected chi connectivity index (χ4v) is 6.97. The summed E-state index contributed by atoms with van der Waals surface area (Å²) in [5.74, 6) is -1.88. The first-order valence-electron chi connectivity index (χ1n) is 14.6. The van der Waals surface area contributed by atoms with Gasteiger partial charge in [-0.25, -0.2) is 13.1 Å². The molecule has 1 heterocycles. The summed E-state index contributed by atoms with van der Waals surface area (Å²) in [5, 5.41) is 15.4. The normalized spacial score (nSPS) is 16.1. The Morgan fingerprint density at radius 3 is 1.91 bits per heavy atom. The molecule has 9 heteroatoms. The van der Waals surface area contributed by atoms with Crippen molar-refractivity contribution in [1.29, 1.82) is 5.26 Å². The quantitative estimate of drug-likeness (QED) is 0.220. The Morgan fingerprint density at radius 2 is 1.39 bits per heavy atom. The Morgan fingerprint density at radius 1 is 0.818 bits per heavy atom. The molecule has 1 aliphatic rings. The van der Waals surface area contributed by atoms with Gasteiger partial charge in [0.05, 0.1) is 23.4 Å². The number of Topliss-reactive ketones (excluding diaryl/α,β-unsaturated/α-hetero) is 1. The van der Waals surface area contributed by atoms with Gasteiger partial charge in [-0.05, 0) is 53.8 Å².